The molecule has 19 heavy (non-hydrogen) atoms. The minimum absolute atomic E-state index is 0.164. The average Bonchev–Trinajstić information content (AvgIpc) is 2.86. The van der Waals surface area contributed by atoms with Crippen molar-refractivity contribution in [1.82, 2.24) is 5.32 Å². The van der Waals surface area contributed by atoms with E-state index in [1.807, 2.05) is 12.1 Å². The molecular formula is C13H16N4O2. The van der Waals surface area contributed by atoms with Crippen LogP contribution < -0.4 is 15.5 Å². The van der Waals surface area contributed by atoms with Gasteiger partial charge in [0.05, 0.1) is 19.4 Å². The van der Waals surface area contributed by atoms with E-state index in [1.54, 1.807) is 0 Å². The molecule has 6 nitrogen and oxygen atoms in total. The van der Waals surface area contributed by atoms with Gasteiger partial charge in [0.25, 0.3) is 5.91 Å². The summed E-state index contributed by atoms with van der Waals surface area (Å²) in [7, 11) is 0. The van der Waals surface area contributed by atoms with Gasteiger partial charge in [-0.05, 0) is 24.3 Å². The summed E-state index contributed by atoms with van der Waals surface area (Å²) in [6.45, 7) is 3.41. The fourth-order valence-electron chi connectivity index (χ4n) is 2.17. The Kier molecular flexibility index (Phi) is 3.33. The molecule has 0 bridgehead atoms. The van der Waals surface area contributed by atoms with Crippen LogP contribution in [0.3, 0.4) is 0 Å². The second-order valence-electron chi connectivity index (χ2n) is 4.48. The van der Waals surface area contributed by atoms with Crippen molar-refractivity contribution in [1.29, 1.82) is 0 Å². The second kappa shape index (κ2) is 5.27. The summed E-state index contributed by atoms with van der Waals surface area (Å²) in [5.41, 5.74) is 2.12. The van der Waals surface area contributed by atoms with Crippen molar-refractivity contribution in [2.45, 2.75) is 6.29 Å². The predicted octanol–water partition coefficient (Wildman–Crippen LogP) is 0.419. The van der Waals surface area contributed by atoms with E-state index in [1.165, 1.54) is 11.9 Å². The smallest absolute Gasteiger partial charge is 0.265 e. The van der Waals surface area contributed by atoms with Crippen molar-refractivity contribution in [2.75, 3.05) is 36.5 Å². The predicted molar refractivity (Wildman–Crippen MR) is 73.5 cm³/mol. The van der Waals surface area contributed by atoms with Crippen LogP contribution >= 0.6 is 0 Å². The van der Waals surface area contributed by atoms with E-state index in [-0.39, 0.29) is 12.2 Å². The summed E-state index contributed by atoms with van der Waals surface area (Å²) in [6.07, 6.45) is 0.932. The van der Waals surface area contributed by atoms with E-state index in [2.05, 4.69) is 32.7 Å². The van der Waals surface area contributed by atoms with Crippen LogP contribution in [0, 0.1) is 0 Å². The first-order valence-electron chi connectivity index (χ1n) is 6.34. The van der Waals surface area contributed by atoms with Crippen LogP contribution in [-0.2, 0) is 9.53 Å². The molecule has 2 heterocycles. The Morgan fingerprint density at radius 1 is 1.26 bits per heavy atom. The number of carbonyl (C=O) groups excluding carboxylic acids is 1. The molecule has 1 fully saturated rings. The maximum absolute atomic E-state index is 11.0. The lowest BCUT2D eigenvalue weighted by Gasteiger charge is -2.29. The van der Waals surface area contributed by atoms with Crippen LogP contribution in [0.4, 0.5) is 11.4 Å². The first kappa shape index (κ1) is 12.0. The molecule has 2 aliphatic rings. The number of hydrogen-bond acceptors (Lipinski definition) is 5. The number of benzene rings is 1. The summed E-state index contributed by atoms with van der Waals surface area (Å²) in [6, 6.07) is 8.11. The highest BCUT2D eigenvalue weighted by Crippen LogP contribution is 2.19. The number of carbonyl (C=O) groups is 1. The maximum atomic E-state index is 11.0. The average molecular weight is 260 g/mol. The third-order valence-corrected chi connectivity index (χ3v) is 3.17. The van der Waals surface area contributed by atoms with Gasteiger partial charge in [0, 0.05) is 24.5 Å². The lowest BCUT2D eigenvalue weighted by atomic mass is 10.2. The Morgan fingerprint density at radius 2 is 2.00 bits per heavy atom. The molecule has 2 N–H and O–H groups in total. The van der Waals surface area contributed by atoms with Gasteiger partial charge in [-0.3, -0.25) is 4.79 Å². The van der Waals surface area contributed by atoms with E-state index >= 15 is 0 Å². The molecule has 1 unspecified atom stereocenters. The normalized spacial score (nSPS) is 22.4. The SMILES string of the molecule is O=C1C=NC(Nc2ccc(N3CCOCC3)cc2)N1. The largest absolute Gasteiger partial charge is 0.378 e. The van der Waals surface area contributed by atoms with Crippen molar-refractivity contribution < 1.29 is 9.53 Å². The third-order valence-electron chi connectivity index (χ3n) is 3.17. The zero-order valence-corrected chi connectivity index (χ0v) is 10.5. The van der Waals surface area contributed by atoms with Gasteiger partial charge in [-0.2, -0.15) is 0 Å². The molecule has 100 valence electrons. The molecule has 0 aliphatic carbocycles. The van der Waals surface area contributed by atoms with Gasteiger partial charge < -0.3 is 20.3 Å². The highest BCUT2D eigenvalue weighted by Gasteiger charge is 2.15. The zero-order valence-electron chi connectivity index (χ0n) is 10.5. The summed E-state index contributed by atoms with van der Waals surface area (Å²) < 4.78 is 5.33. The standard InChI is InChI=1S/C13H16N4O2/c18-12-9-14-13(16-12)15-10-1-3-11(4-2-10)17-5-7-19-8-6-17/h1-4,9,13,15H,5-8H2,(H,16,18). The number of nitrogens with one attached hydrogen (secondary N) is 2. The van der Waals surface area contributed by atoms with Crippen LogP contribution in [0.2, 0.25) is 0 Å². The van der Waals surface area contributed by atoms with Gasteiger partial charge >= 0.3 is 0 Å². The number of morpholine rings is 1. The molecular weight excluding hydrogens is 244 g/mol. The van der Waals surface area contributed by atoms with Crippen molar-refractivity contribution in [2.24, 2.45) is 4.99 Å². The minimum atomic E-state index is -0.360. The first-order chi connectivity index (χ1) is 9.31. The third kappa shape index (κ3) is 2.85. The molecule has 0 radical (unpaired) electrons. The van der Waals surface area contributed by atoms with Gasteiger partial charge in [0.1, 0.15) is 0 Å². The molecule has 1 aromatic rings. The topological polar surface area (TPSA) is 66.0 Å². The van der Waals surface area contributed by atoms with Crippen LogP contribution in [0.5, 0.6) is 0 Å². The molecule has 0 saturated carbocycles. The second-order valence-corrected chi connectivity index (χ2v) is 4.48. The highest BCUT2D eigenvalue weighted by atomic mass is 16.5. The molecule has 1 aromatic carbocycles. The van der Waals surface area contributed by atoms with Crippen molar-refractivity contribution in [3.63, 3.8) is 0 Å². The monoisotopic (exact) mass is 260 g/mol. The molecule has 0 spiro atoms. The Balaban J connectivity index is 1.62. The summed E-state index contributed by atoms with van der Waals surface area (Å²) in [5, 5.41) is 5.81. The first-order valence-corrected chi connectivity index (χ1v) is 6.34. The molecule has 1 atom stereocenters. The molecule has 1 saturated heterocycles. The van der Waals surface area contributed by atoms with E-state index < -0.39 is 0 Å². The van der Waals surface area contributed by atoms with Crippen LogP contribution in [0.1, 0.15) is 0 Å². The maximum Gasteiger partial charge on any atom is 0.265 e. The number of nitrogens with zero attached hydrogens (tertiary/aromatic N) is 2. The number of hydrogen-bond donors (Lipinski definition) is 2. The van der Waals surface area contributed by atoms with Crippen LogP contribution in [0.15, 0.2) is 29.3 Å². The van der Waals surface area contributed by atoms with Gasteiger partial charge in [0.15, 0.2) is 6.29 Å². The van der Waals surface area contributed by atoms with Gasteiger partial charge in [-0.25, -0.2) is 4.99 Å². The lowest BCUT2D eigenvalue weighted by molar-refractivity contribution is -0.114. The summed E-state index contributed by atoms with van der Waals surface area (Å²) in [5.74, 6) is -0.164. The van der Waals surface area contributed by atoms with E-state index in [4.69, 9.17) is 4.74 Å². The van der Waals surface area contributed by atoms with Gasteiger partial charge in [0.2, 0.25) is 0 Å². The van der Waals surface area contributed by atoms with Crippen LogP contribution in [0.25, 0.3) is 0 Å². The highest BCUT2D eigenvalue weighted by molar-refractivity contribution is 6.27. The van der Waals surface area contributed by atoms with Gasteiger partial charge in [-0.15, -0.1) is 0 Å². The Morgan fingerprint density at radius 3 is 2.63 bits per heavy atom. The Bertz CT molecular complexity index is 480. The van der Waals surface area contributed by atoms with E-state index in [0.29, 0.717) is 0 Å². The number of aliphatic imine (C=N–C) groups is 1. The fraction of sp³-hybridized carbons (Fsp3) is 0.385. The molecule has 6 heteroatoms. The van der Waals surface area contributed by atoms with E-state index in [9.17, 15) is 4.79 Å². The van der Waals surface area contributed by atoms with Gasteiger partial charge in [-0.1, -0.05) is 0 Å². The molecule has 3 rings (SSSR count). The Hall–Kier alpha value is -2.08. The fourth-order valence-corrected chi connectivity index (χ4v) is 2.17. The van der Waals surface area contributed by atoms with Crippen LogP contribution in [-0.4, -0.2) is 44.7 Å². The quantitative estimate of drug-likeness (QED) is 0.826. The molecule has 0 aromatic heterocycles. The summed E-state index contributed by atoms with van der Waals surface area (Å²) in [4.78, 5) is 17.3. The number of anilines is 2. The number of amides is 1. The van der Waals surface area contributed by atoms with Crippen molar-refractivity contribution in [3.8, 4) is 0 Å². The minimum Gasteiger partial charge on any atom is -0.378 e. The van der Waals surface area contributed by atoms with Crippen molar-refractivity contribution in [3.05, 3.63) is 24.3 Å². The number of ether oxygens (including phenoxy) is 1. The van der Waals surface area contributed by atoms with Crippen molar-refractivity contribution >= 4 is 23.5 Å². The Labute approximate surface area is 111 Å². The number of rotatable bonds is 3. The zero-order chi connectivity index (χ0) is 13.1. The lowest BCUT2D eigenvalue weighted by Crippen LogP contribution is -2.36. The van der Waals surface area contributed by atoms with E-state index in [0.717, 1.165) is 32.0 Å². The molecule has 2 aliphatic heterocycles. The molecule has 1 amide bonds. The summed E-state index contributed by atoms with van der Waals surface area (Å²) >= 11 is 0.